The Labute approximate surface area is 166 Å². The second kappa shape index (κ2) is 8.40. The van der Waals surface area contributed by atoms with E-state index in [9.17, 15) is 20.0 Å². The molecule has 0 aromatic heterocycles. The van der Waals surface area contributed by atoms with Gasteiger partial charge in [-0.3, -0.25) is 14.9 Å². The summed E-state index contributed by atoms with van der Waals surface area (Å²) < 4.78 is 0. The molecule has 21 heavy (non-hydrogen) atoms. The molecule has 6 heteroatoms. The van der Waals surface area contributed by atoms with Crippen molar-refractivity contribution in [1.29, 1.82) is 0 Å². The van der Waals surface area contributed by atoms with Crippen molar-refractivity contribution in [3.05, 3.63) is 75.8 Å². The van der Waals surface area contributed by atoms with Gasteiger partial charge < -0.3 is 6.53 Å². The maximum Gasteiger partial charge on any atom is 1.00 e. The first-order valence-corrected chi connectivity index (χ1v) is 6.09. The van der Waals surface area contributed by atoms with Crippen LogP contribution in [0.5, 0.6) is 0 Å². The first-order valence-electron chi connectivity index (χ1n) is 6.09. The van der Waals surface area contributed by atoms with E-state index < -0.39 is 16.8 Å². The first kappa shape index (κ1) is 18.0. The summed E-state index contributed by atoms with van der Waals surface area (Å²) in [5.74, 6) is -2.00. The van der Waals surface area contributed by atoms with Crippen LogP contribution < -0.4 is 51.4 Å². The van der Waals surface area contributed by atoms with Gasteiger partial charge in [-0.15, -0.1) is 0 Å². The minimum Gasteiger partial charge on any atom is -1.00 e. The van der Waals surface area contributed by atoms with Crippen LogP contribution in [0, 0.1) is 10.1 Å². The summed E-state index contributed by atoms with van der Waals surface area (Å²) >= 11 is 0. The van der Waals surface area contributed by atoms with Crippen LogP contribution in [0.15, 0.2) is 54.6 Å². The number of aliphatic carboxylic acids is 1. The molecule has 5 nitrogen and oxygen atoms in total. The second-order valence-corrected chi connectivity index (χ2v) is 4.40. The summed E-state index contributed by atoms with van der Waals surface area (Å²) in [5.41, 5.74) is 0.905. The molecule has 0 aliphatic rings. The van der Waals surface area contributed by atoms with E-state index in [0.29, 0.717) is 0 Å². The smallest absolute Gasteiger partial charge is 1.00 e. The Morgan fingerprint density at radius 1 is 1.14 bits per heavy atom. The summed E-state index contributed by atoms with van der Waals surface area (Å²) in [6.07, 6.45) is 0.223. The molecule has 0 amide bonds. The van der Waals surface area contributed by atoms with Gasteiger partial charge in [-0.05, 0) is 12.0 Å². The van der Waals surface area contributed by atoms with Gasteiger partial charge in [-0.1, -0.05) is 48.5 Å². The summed E-state index contributed by atoms with van der Waals surface area (Å²) in [5, 5.41) is 20.4. The van der Waals surface area contributed by atoms with Gasteiger partial charge in [0, 0.05) is 11.6 Å². The van der Waals surface area contributed by atoms with Crippen molar-refractivity contribution in [1.82, 2.24) is 0 Å². The minimum atomic E-state index is -1.07. The fraction of sp³-hybridized carbons (Fsp3) is 0.133. The zero-order valence-electron chi connectivity index (χ0n) is 12.6. The molecule has 0 heterocycles. The van der Waals surface area contributed by atoms with Crippen LogP contribution in [0.4, 0.5) is 5.69 Å². The number of carboxylic acids is 1. The Morgan fingerprint density at radius 2 is 1.71 bits per heavy atom. The molecule has 1 N–H and O–H groups in total. The van der Waals surface area contributed by atoms with Crippen LogP contribution >= 0.6 is 0 Å². The Hall–Kier alpha value is -1.05. The van der Waals surface area contributed by atoms with Crippen molar-refractivity contribution in [3.63, 3.8) is 0 Å². The molecule has 0 fully saturated rings. The van der Waals surface area contributed by atoms with Crippen molar-refractivity contribution < 1.29 is 67.6 Å². The van der Waals surface area contributed by atoms with Gasteiger partial charge in [0.2, 0.25) is 0 Å². The van der Waals surface area contributed by atoms with Crippen LogP contribution in [0.25, 0.3) is 0 Å². The van der Waals surface area contributed by atoms with E-state index in [1.807, 2.05) is 30.3 Å². The van der Waals surface area contributed by atoms with Gasteiger partial charge in [0.25, 0.3) is 5.69 Å². The number of nitro benzene ring substituents is 1. The van der Waals surface area contributed by atoms with Gasteiger partial charge >= 0.3 is 57.4 Å². The molecule has 2 aromatic carbocycles. The van der Waals surface area contributed by atoms with Gasteiger partial charge in [0.15, 0.2) is 0 Å². The Kier molecular flexibility index (Phi) is 7.20. The molecule has 104 valence electrons. The quantitative estimate of drug-likeness (QED) is 0.483. The third kappa shape index (κ3) is 4.72. The number of rotatable bonds is 5. The van der Waals surface area contributed by atoms with Gasteiger partial charge in [0.05, 0.1) is 10.8 Å². The number of nitrogens with zero attached hydrogens (tertiary/aromatic N) is 1. The monoisotopic (exact) mass is 311 g/mol. The van der Waals surface area contributed by atoms with E-state index in [-0.39, 0.29) is 70.5 Å². The van der Waals surface area contributed by atoms with Gasteiger partial charge in [-0.25, -0.2) is 0 Å². The molecule has 0 bridgehead atoms. The van der Waals surface area contributed by atoms with E-state index in [4.69, 9.17) is 0 Å². The number of para-hydroxylation sites is 1. The Balaban J connectivity index is 0.00000220. The zero-order chi connectivity index (χ0) is 14.5. The molecule has 1 atom stereocenters. The van der Waals surface area contributed by atoms with E-state index in [0.717, 1.165) is 5.56 Å². The van der Waals surface area contributed by atoms with E-state index >= 15 is 0 Å². The number of carboxylic acid groups (broad SMARTS) is 1. The summed E-state index contributed by atoms with van der Waals surface area (Å²) in [6.45, 7) is 0. The molecule has 2 aromatic rings. The molecule has 1 unspecified atom stereocenters. The van der Waals surface area contributed by atoms with Crippen LogP contribution in [0.1, 0.15) is 18.5 Å². The molecule has 0 aliphatic heterocycles. The normalized spacial score (nSPS) is 11.2. The molecule has 0 radical (unpaired) electrons. The van der Waals surface area contributed by atoms with E-state index in [1.54, 1.807) is 6.07 Å². The summed E-state index contributed by atoms with van der Waals surface area (Å²) in [4.78, 5) is 21.9. The molecule has 2 rings (SSSR count). The molecular formula is C15H14KNO4. The largest absolute Gasteiger partial charge is 1.00 e. The van der Waals surface area contributed by atoms with Gasteiger partial charge in [0.1, 0.15) is 0 Å². The third-order valence-corrected chi connectivity index (χ3v) is 3.09. The predicted octanol–water partition coefficient (Wildman–Crippen LogP) is 0.122. The molecule has 0 spiro atoms. The van der Waals surface area contributed by atoms with Gasteiger partial charge in [-0.2, -0.15) is 0 Å². The second-order valence-electron chi connectivity index (χ2n) is 4.40. The fourth-order valence-electron chi connectivity index (χ4n) is 2.13. The van der Waals surface area contributed by atoms with Crippen LogP contribution in [-0.4, -0.2) is 16.0 Å². The van der Waals surface area contributed by atoms with Crippen molar-refractivity contribution in [2.75, 3.05) is 0 Å². The summed E-state index contributed by atoms with van der Waals surface area (Å²) in [7, 11) is 0. The maximum atomic E-state index is 11.5. The van der Waals surface area contributed by atoms with Crippen molar-refractivity contribution in [3.8, 4) is 0 Å². The van der Waals surface area contributed by atoms with Crippen molar-refractivity contribution >= 4 is 11.7 Å². The number of hydrogen-bond acceptors (Lipinski definition) is 3. The van der Waals surface area contributed by atoms with E-state index in [2.05, 4.69) is 0 Å². The Morgan fingerprint density at radius 3 is 2.29 bits per heavy atom. The van der Waals surface area contributed by atoms with Crippen LogP contribution in [0.2, 0.25) is 0 Å². The number of hydrogen-bond donors (Lipinski definition) is 1. The molecule has 0 aliphatic carbocycles. The average Bonchev–Trinajstić information content (AvgIpc) is 2.45. The standard InChI is InChI=1S/C15H13NO4.K.H/c17-15(18)13(10-11-6-2-1-3-7-11)12-8-4-5-9-14(12)16(19)20;;/h1-9,13H,10H2,(H,17,18);;/q;+1;-1. The first-order chi connectivity index (χ1) is 9.59. The number of carbonyl (C=O) groups is 1. The molecular weight excluding hydrogens is 297 g/mol. The zero-order valence-corrected chi connectivity index (χ0v) is 14.7. The number of benzene rings is 2. The Bertz CT molecular complexity index is 636. The van der Waals surface area contributed by atoms with Crippen LogP contribution in [0.3, 0.4) is 0 Å². The fourth-order valence-corrected chi connectivity index (χ4v) is 2.13. The van der Waals surface area contributed by atoms with Crippen molar-refractivity contribution in [2.45, 2.75) is 12.3 Å². The van der Waals surface area contributed by atoms with Crippen LogP contribution in [-0.2, 0) is 11.2 Å². The molecule has 0 saturated heterocycles. The van der Waals surface area contributed by atoms with Crippen molar-refractivity contribution in [2.24, 2.45) is 0 Å². The third-order valence-electron chi connectivity index (χ3n) is 3.09. The average molecular weight is 311 g/mol. The number of nitro groups is 1. The topological polar surface area (TPSA) is 80.4 Å². The summed E-state index contributed by atoms with van der Waals surface area (Å²) in [6, 6.07) is 15.1. The maximum absolute atomic E-state index is 11.5. The molecule has 0 saturated carbocycles. The van der Waals surface area contributed by atoms with E-state index in [1.165, 1.54) is 18.2 Å². The minimum absolute atomic E-state index is 0. The SMILES string of the molecule is O=C(O)C(Cc1ccccc1)c1ccccc1[N+](=O)[O-].[H-].[K+]. The predicted molar refractivity (Wildman–Crippen MR) is 74.7 cm³/mol.